The maximum atomic E-state index is 8.35. The zero-order valence-electron chi connectivity index (χ0n) is 7.88. The molecule has 0 aliphatic heterocycles. The van der Waals surface area contributed by atoms with Crippen molar-refractivity contribution in [2.24, 2.45) is 10.9 Å². The molecule has 0 spiro atoms. The van der Waals surface area contributed by atoms with E-state index in [1.54, 1.807) is 12.3 Å². The van der Waals surface area contributed by atoms with Crippen molar-refractivity contribution in [3.05, 3.63) is 30.5 Å². The summed E-state index contributed by atoms with van der Waals surface area (Å²) in [4.78, 5) is 0. The first-order valence-corrected chi connectivity index (χ1v) is 4.36. The van der Waals surface area contributed by atoms with Crippen LogP contribution in [0.25, 0.3) is 11.0 Å². The largest absolute Gasteiger partial charge is 0.482 e. The van der Waals surface area contributed by atoms with Crippen molar-refractivity contribution in [1.82, 2.24) is 0 Å². The van der Waals surface area contributed by atoms with E-state index in [0.717, 1.165) is 5.39 Å². The fourth-order valence-electron chi connectivity index (χ4n) is 1.26. The molecule has 1 aromatic heterocycles. The van der Waals surface area contributed by atoms with Crippen LogP contribution in [0.1, 0.15) is 0 Å². The van der Waals surface area contributed by atoms with Gasteiger partial charge in [0.05, 0.1) is 6.26 Å². The molecule has 0 atom stereocenters. The lowest BCUT2D eigenvalue weighted by Gasteiger charge is -2.04. The molecule has 1 heterocycles. The number of oxime groups is 1. The average molecular weight is 206 g/mol. The predicted molar refractivity (Wildman–Crippen MR) is 55.1 cm³/mol. The van der Waals surface area contributed by atoms with Crippen LogP contribution in [0.2, 0.25) is 0 Å². The third kappa shape index (κ3) is 1.85. The summed E-state index contributed by atoms with van der Waals surface area (Å²) in [6, 6.07) is 7.36. The van der Waals surface area contributed by atoms with Gasteiger partial charge in [0.2, 0.25) is 0 Å². The van der Waals surface area contributed by atoms with Gasteiger partial charge < -0.3 is 20.1 Å². The van der Waals surface area contributed by atoms with Crippen molar-refractivity contribution in [2.75, 3.05) is 6.61 Å². The first-order chi connectivity index (χ1) is 7.31. The minimum absolute atomic E-state index is 0.0126. The molecule has 3 N–H and O–H groups in total. The molecular weight excluding hydrogens is 196 g/mol. The number of furan rings is 1. The van der Waals surface area contributed by atoms with E-state index >= 15 is 0 Å². The van der Waals surface area contributed by atoms with Crippen LogP contribution in [0.5, 0.6) is 5.75 Å². The fraction of sp³-hybridized carbons (Fsp3) is 0.100. The van der Waals surface area contributed by atoms with Crippen molar-refractivity contribution < 1.29 is 14.4 Å². The third-order valence-corrected chi connectivity index (χ3v) is 1.95. The third-order valence-electron chi connectivity index (χ3n) is 1.95. The topological polar surface area (TPSA) is 81.0 Å². The van der Waals surface area contributed by atoms with Gasteiger partial charge in [-0.2, -0.15) is 0 Å². The maximum Gasteiger partial charge on any atom is 0.177 e. The molecular formula is C10H10N2O3. The second-order valence-electron chi connectivity index (χ2n) is 2.98. The lowest BCUT2D eigenvalue weighted by atomic mass is 10.2. The number of benzene rings is 1. The highest BCUT2D eigenvalue weighted by Crippen LogP contribution is 2.25. The van der Waals surface area contributed by atoms with E-state index < -0.39 is 0 Å². The zero-order chi connectivity index (χ0) is 10.7. The van der Waals surface area contributed by atoms with Crippen molar-refractivity contribution >= 4 is 16.8 Å². The number of nitrogens with two attached hydrogens (primary N) is 1. The average Bonchev–Trinajstić information content (AvgIpc) is 2.74. The number of rotatable bonds is 3. The van der Waals surface area contributed by atoms with Crippen molar-refractivity contribution in [3.8, 4) is 5.75 Å². The number of para-hydroxylation sites is 1. The summed E-state index contributed by atoms with van der Waals surface area (Å²) in [5.41, 5.74) is 5.94. The Hall–Kier alpha value is -2.17. The van der Waals surface area contributed by atoms with Gasteiger partial charge in [-0.05, 0) is 12.1 Å². The second-order valence-corrected chi connectivity index (χ2v) is 2.98. The van der Waals surface area contributed by atoms with E-state index in [-0.39, 0.29) is 12.4 Å². The molecule has 15 heavy (non-hydrogen) atoms. The first kappa shape index (κ1) is 9.39. The summed E-state index contributed by atoms with van der Waals surface area (Å²) in [5.74, 6) is 0.586. The van der Waals surface area contributed by atoms with Gasteiger partial charge in [0, 0.05) is 5.39 Å². The molecule has 78 valence electrons. The van der Waals surface area contributed by atoms with Crippen LogP contribution in [0.15, 0.2) is 40.1 Å². The van der Waals surface area contributed by atoms with Gasteiger partial charge in [0.1, 0.15) is 6.61 Å². The van der Waals surface area contributed by atoms with Gasteiger partial charge in [0.25, 0.3) is 0 Å². The Bertz CT molecular complexity index is 490. The van der Waals surface area contributed by atoms with E-state index in [9.17, 15) is 0 Å². The van der Waals surface area contributed by atoms with Crippen molar-refractivity contribution in [3.63, 3.8) is 0 Å². The summed E-state index contributed by atoms with van der Waals surface area (Å²) in [6.45, 7) is 0.0241. The van der Waals surface area contributed by atoms with Gasteiger partial charge in [-0.3, -0.25) is 0 Å². The predicted octanol–water partition coefficient (Wildman–Crippen LogP) is 1.56. The van der Waals surface area contributed by atoms with Crippen LogP contribution in [0.4, 0.5) is 0 Å². The first-order valence-electron chi connectivity index (χ1n) is 4.36. The molecule has 5 heteroatoms. The summed E-state index contributed by atoms with van der Waals surface area (Å²) in [7, 11) is 0. The fourth-order valence-corrected chi connectivity index (χ4v) is 1.26. The van der Waals surface area contributed by atoms with Gasteiger partial charge in [-0.1, -0.05) is 17.3 Å². The maximum absolute atomic E-state index is 8.35. The molecule has 0 aliphatic rings. The number of ether oxygens (including phenoxy) is 1. The molecule has 1 aromatic carbocycles. The van der Waals surface area contributed by atoms with Gasteiger partial charge in [-0.25, -0.2) is 0 Å². The molecule has 0 amide bonds. The molecule has 0 fully saturated rings. The summed E-state index contributed by atoms with van der Waals surface area (Å²) in [6.07, 6.45) is 1.58. The molecule has 0 bridgehead atoms. The Kier molecular flexibility index (Phi) is 2.45. The smallest absolute Gasteiger partial charge is 0.177 e. The minimum atomic E-state index is 0.0126. The van der Waals surface area contributed by atoms with Crippen LogP contribution in [-0.2, 0) is 0 Å². The highest BCUT2D eigenvalue weighted by molar-refractivity contribution is 5.84. The number of fused-ring (bicyclic) bond motifs is 1. The van der Waals surface area contributed by atoms with E-state index in [2.05, 4.69) is 5.16 Å². The van der Waals surface area contributed by atoms with Crippen molar-refractivity contribution in [2.45, 2.75) is 0 Å². The van der Waals surface area contributed by atoms with E-state index in [0.29, 0.717) is 11.3 Å². The van der Waals surface area contributed by atoms with E-state index in [4.69, 9.17) is 20.1 Å². The van der Waals surface area contributed by atoms with Gasteiger partial charge in [0.15, 0.2) is 17.2 Å². The Balaban J connectivity index is 2.24. The van der Waals surface area contributed by atoms with Crippen LogP contribution in [0, 0.1) is 0 Å². The number of amidine groups is 1. The molecule has 0 radical (unpaired) electrons. The number of hydrogen-bond donors (Lipinski definition) is 2. The summed E-state index contributed by atoms with van der Waals surface area (Å²) in [5, 5.41) is 12.1. The van der Waals surface area contributed by atoms with Crippen LogP contribution < -0.4 is 10.5 Å². The lowest BCUT2D eigenvalue weighted by Crippen LogP contribution is -2.20. The van der Waals surface area contributed by atoms with Crippen LogP contribution >= 0.6 is 0 Å². The van der Waals surface area contributed by atoms with Crippen LogP contribution in [0.3, 0.4) is 0 Å². The lowest BCUT2D eigenvalue weighted by molar-refractivity contribution is 0.306. The van der Waals surface area contributed by atoms with E-state index in [1.807, 2.05) is 18.2 Å². The normalized spacial score (nSPS) is 11.9. The second kappa shape index (κ2) is 3.91. The molecule has 0 saturated heterocycles. The monoisotopic (exact) mass is 206 g/mol. The highest BCUT2D eigenvalue weighted by atomic mass is 16.5. The molecule has 0 saturated carbocycles. The zero-order valence-corrected chi connectivity index (χ0v) is 7.88. The Morgan fingerprint density at radius 1 is 1.47 bits per heavy atom. The Morgan fingerprint density at radius 2 is 2.33 bits per heavy atom. The Labute approximate surface area is 85.7 Å². The minimum Gasteiger partial charge on any atom is -0.482 e. The van der Waals surface area contributed by atoms with Gasteiger partial charge in [-0.15, -0.1) is 0 Å². The standard InChI is InChI=1S/C10H10N2O3/c11-9(12-13)6-15-8-3-1-2-7-4-5-14-10(7)8/h1-5,13H,6H2,(H2,11,12). The Morgan fingerprint density at radius 3 is 3.13 bits per heavy atom. The number of hydrogen-bond acceptors (Lipinski definition) is 4. The molecule has 2 rings (SSSR count). The molecule has 2 aromatic rings. The number of nitrogens with zero attached hydrogens (tertiary/aromatic N) is 1. The molecule has 0 aliphatic carbocycles. The highest BCUT2D eigenvalue weighted by Gasteiger charge is 2.05. The summed E-state index contributed by atoms with van der Waals surface area (Å²) >= 11 is 0. The quantitative estimate of drug-likeness (QED) is 0.345. The van der Waals surface area contributed by atoms with E-state index in [1.165, 1.54) is 0 Å². The SMILES string of the molecule is NC(COc1cccc2ccoc12)=NO. The summed E-state index contributed by atoms with van der Waals surface area (Å²) < 4.78 is 10.6. The van der Waals surface area contributed by atoms with Crippen LogP contribution in [-0.4, -0.2) is 17.6 Å². The van der Waals surface area contributed by atoms with Crippen molar-refractivity contribution in [1.29, 1.82) is 0 Å². The van der Waals surface area contributed by atoms with Gasteiger partial charge >= 0.3 is 0 Å². The molecule has 0 unspecified atom stereocenters. The molecule has 5 nitrogen and oxygen atoms in total.